The Hall–Kier alpha value is -0.280. The SMILES string of the molecule is CC(C)C1CCC(C(NN)c2cc(Cl)ccc2Cl)CC1. The lowest BCUT2D eigenvalue weighted by Crippen LogP contribution is -2.36. The van der Waals surface area contributed by atoms with Crippen LogP contribution in [0.25, 0.3) is 0 Å². The second-order valence-corrected chi connectivity index (χ2v) is 7.07. The van der Waals surface area contributed by atoms with Gasteiger partial charge in [0.2, 0.25) is 0 Å². The average molecular weight is 315 g/mol. The molecule has 1 aliphatic carbocycles. The van der Waals surface area contributed by atoms with Crippen molar-refractivity contribution in [2.24, 2.45) is 23.6 Å². The number of nitrogens with one attached hydrogen (secondary N) is 1. The van der Waals surface area contributed by atoms with E-state index in [4.69, 9.17) is 29.0 Å². The molecule has 1 aliphatic rings. The quantitative estimate of drug-likeness (QED) is 0.609. The van der Waals surface area contributed by atoms with Crippen LogP contribution in [-0.4, -0.2) is 0 Å². The fourth-order valence-corrected chi connectivity index (χ4v) is 3.79. The van der Waals surface area contributed by atoms with Gasteiger partial charge in [-0.25, -0.2) is 0 Å². The third kappa shape index (κ3) is 3.67. The number of hydrogen-bond acceptors (Lipinski definition) is 2. The fraction of sp³-hybridized carbons (Fsp3) is 0.625. The van der Waals surface area contributed by atoms with Crippen LogP contribution in [0, 0.1) is 17.8 Å². The smallest absolute Gasteiger partial charge is 0.0503 e. The zero-order valence-electron chi connectivity index (χ0n) is 12.2. The Morgan fingerprint density at radius 2 is 1.70 bits per heavy atom. The molecule has 2 rings (SSSR count). The number of benzene rings is 1. The average Bonchev–Trinajstić information content (AvgIpc) is 2.44. The van der Waals surface area contributed by atoms with E-state index in [9.17, 15) is 0 Å². The first-order valence-corrected chi connectivity index (χ1v) is 8.19. The fourth-order valence-electron chi connectivity index (χ4n) is 3.38. The molecule has 0 amide bonds. The number of hydrazine groups is 1. The Bertz CT molecular complexity index is 440. The maximum Gasteiger partial charge on any atom is 0.0503 e. The van der Waals surface area contributed by atoms with E-state index in [1.54, 1.807) is 0 Å². The van der Waals surface area contributed by atoms with Crippen LogP contribution in [-0.2, 0) is 0 Å². The Kier molecular flexibility index (Phi) is 5.74. The van der Waals surface area contributed by atoms with Crippen molar-refractivity contribution in [1.29, 1.82) is 0 Å². The number of nitrogens with two attached hydrogens (primary N) is 1. The predicted octanol–water partition coefficient (Wildman–Crippen LogP) is 4.96. The molecule has 1 fully saturated rings. The van der Waals surface area contributed by atoms with E-state index >= 15 is 0 Å². The van der Waals surface area contributed by atoms with Crippen molar-refractivity contribution in [3.8, 4) is 0 Å². The van der Waals surface area contributed by atoms with Crippen LogP contribution in [0.15, 0.2) is 18.2 Å². The van der Waals surface area contributed by atoms with Crippen molar-refractivity contribution < 1.29 is 0 Å². The molecule has 0 aromatic heterocycles. The summed E-state index contributed by atoms with van der Waals surface area (Å²) in [7, 11) is 0. The minimum absolute atomic E-state index is 0.0920. The van der Waals surface area contributed by atoms with E-state index in [1.165, 1.54) is 25.7 Å². The van der Waals surface area contributed by atoms with E-state index in [0.29, 0.717) is 10.9 Å². The summed E-state index contributed by atoms with van der Waals surface area (Å²) >= 11 is 12.4. The van der Waals surface area contributed by atoms with Crippen molar-refractivity contribution in [2.75, 3.05) is 0 Å². The van der Waals surface area contributed by atoms with Gasteiger partial charge in [0.05, 0.1) is 6.04 Å². The van der Waals surface area contributed by atoms with Gasteiger partial charge in [-0.3, -0.25) is 11.3 Å². The molecule has 0 spiro atoms. The Balaban J connectivity index is 2.11. The van der Waals surface area contributed by atoms with Crippen LogP contribution in [0.4, 0.5) is 0 Å². The van der Waals surface area contributed by atoms with Crippen LogP contribution in [0.3, 0.4) is 0 Å². The minimum Gasteiger partial charge on any atom is -0.271 e. The van der Waals surface area contributed by atoms with Crippen LogP contribution < -0.4 is 11.3 Å². The van der Waals surface area contributed by atoms with Gasteiger partial charge in [0.25, 0.3) is 0 Å². The topological polar surface area (TPSA) is 38.0 Å². The highest BCUT2D eigenvalue weighted by molar-refractivity contribution is 6.33. The minimum atomic E-state index is 0.0920. The first-order chi connectivity index (χ1) is 9.52. The summed E-state index contributed by atoms with van der Waals surface area (Å²) < 4.78 is 0. The molecule has 0 aliphatic heterocycles. The maximum absolute atomic E-state index is 6.31. The van der Waals surface area contributed by atoms with Crippen LogP contribution in [0.1, 0.15) is 51.1 Å². The number of hydrogen-bond donors (Lipinski definition) is 2. The second-order valence-electron chi connectivity index (χ2n) is 6.23. The van der Waals surface area contributed by atoms with Gasteiger partial charge < -0.3 is 0 Å². The zero-order valence-corrected chi connectivity index (χ0v) is 13.7. The summed E-state index contributed by atoms with van der Waals surface area (Å²) in [6, 6.07) is 5.69. The third-order valence-electron chi connectivity index (χ3n) is 4.70. The Morgan fingerprint density at radius 3 is 2.25 bits per heavy atom. The number of rotatable bonds is 4. The highest BCUT2D eigenvalue weighted by Gasteiger charge is 2.30. The predicted molar refractivity (Wildman–Crippen MR) is 86.8 cm³/mol. The molecule has 112 valence electrons. The molecule has 1 saturated carbocycles. The van der Waals surface area contributed by atoms with Gasteiger partial charge in [0.1, 0.15) is 0 Å². The summed E-state index contributed by atoms with van der Waals surface area (Å²) in [5, 5.41) is 1.45. The van der Waals surface area contributed by atoms with Crippen molar-refractivity contribution in [3.05, 3.63) is 33.8 Å². The monoisotopic (exact) mass is 314 g/mol. The summed E-state index contributed by atoms with van der Waals surface area (Å²) in [5.74, 6) is 7.95. The molecule has 20 heavy (non-hydrogen) atoms. The standard InChI is InChI=1S/C16H24Cl2N2/c1-10(2)11-3-5-12(6-4-11)16(20-19)14-9-13(17)7-8-15(14)18/h7-12,16,20H,3-6,19H2,1-2H3. The Labute approximate surface area is 132 Å². The molecular weight excluding hydrogens is 291 g/mol. The van der Waals surface area contributed by atoms with Gasteiger partial charge in [0.15, 0.2) is 0 Å². The lowest BCUT2D eigenvalue weighted by atomic mass is 9.73. The maximum atomic E-state index is 6.31. The van der Waals surface area contributed by atoms with Gasteiger partial charge >= 0.3 is 0 Å². The first-order valence-electron chi connectivity index (χ1n) is 7.44. The summed E-state index contributed by atoms with van der Waals surface area (Å²) in [6.07, 6.45) is 4.94. The molecule has 1 atom stereocenters. The molecule has 0 radical (unpaired) electrons. The lowest BCUT2D eigenvalue weighted by Gasteiger charge is -2.35. The van der Waals surface area contributed by atoms with Gasteiger partial charge in [-0.2, -0.15) is 0 Å². The molecule has 4 heteroatoms. The van der Waals surface area contributed by atoms with E-state index in [2.05, 4.69) is 19.3 Å². The van der Waals surface area contributed by atoms with E-state index in [1.807, 2.05) is 18.2 Å². The van der Waals surface area contributed by atoms with Crippen molar-refractivity contribution in [3.63, 3.8) is 0 Å². The van der Waals surface area contributed by atoms with Gasteiger partial charge in [-0.05, 0) is 67.2 Å². The van der Waals surface area contributed by atoms with E-state index in [-0.39, 0.29) is 6.04 Å². The second kappa shape index (κ2) is 7.13. The van der Waals surface area contributed by atoms with Crippen LogP contribution >= 0.6 is 23.2 Å². The molecule has 1 unspecified atom stereocenters. The molecule has 0 bridgehead atoms. The van der Waals surface area contributed by atoms with Gasteiger partial charge in [0, 0.05) is 10.0 Å². The lowest BCUT2D eigenvalue weighted by molar-refractivity contribution is 0.189. The molecule has 0 heterocycles. The van der Waals surface area contributed by atoms with Crippen LogP contribution in [0.5, 0.6) is 0 Å². The molecular formula is C16H24Cl2N2. The molecule has 1 aromatic rings. The van der Waals surface area contributed by atoms with Crippen molar-refractivity contribution in [1.82, 2.24) is 5.43 Å². The van der Waals surface area contributed by atoms with Crippen LogP contribution in [0.2, 0.25) is 10.0 Å². The molecule has 2 nitrogen and oxygen atoms in total. The Morgan fingerprint density at radius 1 is 1.10 bits per heavy atom. The molecule has 1 aromatic carbocycles. The summed E-state index contributed by atoms with van der Waals surface area (Å²) in [4.78, 5) is 0. The first kappa shape index (κ1) is 16.1. The molecule has 3 N–H and O–H groups in total. The normalized spacial score (nSPS) is 24.9. The summed E-state index contributed by atoms with van der Waals surface area (Å²) in [6.45, 7) is 4.63. The highest BCUT2D eigenvalue weighted by Crippen LogP contribution is 2.41. The molecule has 0 saturated heterocycles. The number of halogens is 2. The van der Waals surface area contributed by atoms with E-state index in [0.717, 1.165) is 22.4 Å². The largest absolute Gasteiger partial charge is 0.271 e. The van der Waals surface area contributed by atoms with Gasteiger partial charge in [-0.15, -0.1) is 0 Å². The van der Waals surface area contributed by atoms with Crippen molar-refractivity contribution in [2.45, 2.75) is 45.6 Å². The summed E-state index contributed by atoms with van der Waals surface area (Å²) in [5.41, 5.74) is 3.98. The van der Waals surface area contributed by atoms with Gasteiger partial charge in [-0.1, -0.05) is 37.0 Å². The highest BCUT2D eigenvalue weighted by atomic mass is 35.5. The van der Waals surface area contributed by atoms with Crippen molar-refractivity contribution >= 4 is 23.2 Å². The van der Waals surface area contributed by atoms with E-state index < -0.39 is 0 Å². The third-order valence-corrected chi connectivity index (χ3v) is 5.28. The zero-order chi connectivity index (χ0) is 14.7.